The second-order valence-corrected chi connectivity index (χ2v) is 3.75. The first kappa shape index (κ1) is 8.85. The molecule has 1 aliphatic heterocycles. The van der Waals surface area contributed by atoms with Crippen molar-refractivity contribution in [1.29, 1.82) is 0 Å². The second-order valence-electron chi connectivity index (χ2n) is 3.23. The van der Waals surface area contributed by atoms with Crippen molar-refractivity contribution in [2.75, 3.05) is 13.1 Å². The van der Waals surface area contributed by atoms with Gasteiger partial charge in [-0.2, -0.15) is 0 Å². The molecule has 0 atom stereocenters. The number of hydrogen-bond acceptors (Lipinski definition) is 2. The Labute approximate surface area is 84.3 Å². The van der Waals surface area contributed by atoms with E-state index in [1.54, 1.807) is 0 Å². The highest BCUT2D eigenvalue weighted by Gasteiger charge is 2.04. The topological polar surface area (TPSA) is 12.0 Å². The molecule has 68 valence electrons. The zero-order valence-corrected chi connectivity index (χ0v) is 8.35. The van der Waals surface area contributed by atoms with Crippen molar-refractivity contribution < 1.29 is 0 Å². The van der Waals surface area contributed by atoms with Gasteiger partial charge in [-0.25, -0.2) is 0 Å². The Hall–Kier alpha value is -0.730. The maximum atomic E-state index is 4.33. The number of benzene rings is 1. The Balaban J connectivity index is 2.29. The van der Waals surface area contributed by atoms with E-state index in [1.165, 1.54) is 11.1 Å². The van der Waals surface area contributed by atoms with Crippen LogP contribution >= 0.6 is 12.6 Å². The lowest BCUT2D eigenvalue weighted by Gasteiger charge is -2.14. The van der Waals surface area contributed by atoms with Crippen LogP contribution < -0.4 is 5.32 Å². The standard InChI is InChI=1S/C11H13NS/c13-11-3-1-2-10(8-11)9-4-6-12-7-5-9/h1-4,8,12-13H,5-7H2. The Morgan fingerprint density at radius 2 is 2.23 bits per heavy atom. The molecular formula is C11H13NS. The van der Waals surface area contributed by atoms with E-state index in [9.17, 15) is 0 Å². The number of nitrogens with one attached hydrogen (secondary N) is 1. The van der Waals surface area contributed by atoms with E-state index in [-0.39, 0.29) is 0 Å². The van der Waals surface area contributed by atoms with E-state index >= 15 is 0 Å². The minimum absolute atomic E-state index is 0.992. The average molecular weight is 191 g/mol. The maximum absolute atomic E-state index is 4.33. The van der Waals surface area contributed by atoms with Gasteiger partial charge in [0.1, 0.15) is 0 Å². The van der Waals surface area contributed by atoms with Crippen LogP contribution in [0.15, 0.2) is 35.2 Å². The van der Waals surface area contributed by atoms with Gasteiger partial charge >= 0.3 is 0 Å². The van der Waals surface area contributed by atoms with Crippen molar-refractivity contribution in [3.05, 3.63) is 35.9 Å². The number of hydrogen-bond donors (Lipinski definition) is 2. The molecule has 0 radical (unpaired) electrons. The lowest BCUT2D eigenvalue weighted by Crippen LogP contribution is -2.19. The van der Waals surface area contributed by atoms with E-state index in [0.29, 0.717) is 0 Å². The molecule has 0 amide bonds. The van der Waals surface area contributed by atoms with Crippen LogP contribution in [-0.2, 0) is 0 Å². The van der Waals surface area contributed by atoms with Crippen LogP contribution in [0.3, 0.4) is 0 Å². The third-order valence-electron chi connectivity index (χ3n) is 2.28. The molecule has 1 aromatic rings. The van der Waals surface area contributed by atoms with Gasteiger partial charge in [0.2, 0.25) is 0 Å². The zero-order chi connectivity index (χ0) is 9.10. The number of rotatable bonds is 1. The average Bonchev–Trinajstić information content (AvgIpc) is 2.19. The van der Waals surface area contributed by atoms with E-state index in [0.717, 1.165) is 24.4 Å². The van der Waals surface area contributed by atoms with E-state index < -0.39 is 0 Å². The van der Waals surface area contributed by atoms with Crippen LogP contribution in [0.5, 0.6) is 0 Å². The van der Waals surface area contributed by atoms with Crippen molar-refractivity contribution in [3.8, 4) is 0 Å². The van der Waals surface area contributed by atoms with Crippen LogP contribution in [-0.4, -0.2) is 13.1 Å². The quantitative estimate of drug-likeness (QED) is 0.649. The second kappa shape index (κ2) is 3.99. The van der Waals surface area contributed by atoms with Crippen LogP contribution in [0.25, 0.3) is 5.57 Å². The molecule has 0 bridgehead atoms. The summed E-state index contributed by atoms with van der Waals surface area (Å²) in [4.78, 5) is 1.04. The lowest BCUT2D eigenvalue weighted by molar-refractivity contribution is 0.738. The molecule has 0 saturated carbocycles. The molecule has 1 N–H and O–H groups in total. The molecule has 0 spiro atoms. The monoisotopic (exact) mass is 191 g/mol. The van der Waals surface area contributed by atoms with Crippen molar-refractivity contribution >= 4 is 18.2 Å². The molecule has 13 heavy (non-hydrogen) atoms. The summed E-state index contributed by atoms with van der Waals surface area (Å²) in [5.41, 5.74) is 2.75. The SMILES string of the molecule is Sc1cccc(C2=CCNCC2)c1. The highest BCUT2D eigenvalue weighted by Crippen LogP contribution is 2.21. The highest BCUT2D eigenvalue weighted by atomic mass is 32.1. The Morgan fingerprint density at radius 1 is 1.31 bits per heavy atom. The summed E-state index contributed by atoms with van der Waals surface area (Å²) >= 11 is 4.33. The van der Waals surface area contributed by atoms with Gasteiger partial charge in [0, 0.05) is 11.4 Å². The van der Waals surface area contributed by atoms with Gasteiger partial charge in [-0.3, -0.25) is 0 Å². The summed E-state index contributed by atoms with van der Waals surface area (Å²) in [7, 11) is 0. The minimum atomic E-state index is 0.992. The Morgan fingerprint density at radius 3 is 2.92 bits per heavy atom. The summed E-state index contributed by atoms with van der Waals surface area (Å²) in [5.74, 6) is 0. The van der Waals surface area contributed by atoms with Crippen LogP contribution in [0.2, 0.25) is 0 Å². The van der Waals surface area contributed by atoms with Crippen LogP contribution in [0, 0.1) is 0 Å². The molecule has 0 aromatic heterocycles. The molecule has 1 nitrogen and oxygen atoms in total. The van der Waals surface area contributed by atoms with Gasteiger partial charge in [-0.15, -0.1) is 12.6 Å². The van der Waals surface area contributed by atoms with E-state index in [4.69, 9.17) is 0 Å². The lowest BCUT2D eigenvalue weighted by atomic mass is 10.0. The fraction of sp³-hybridized carbons (Fsp3) is 0.273. The summed E-state index contributed by atoms with van der Waals surface area (Å²) < 4.78 is 0. The van der Waals surface area contributed by atoms with Crippen LogP contribution in [0.1, 0.15) is 12.0 Å². The third-order valence-corrected chi connectivity index (χ3v) is 2.56. The molecule has 0 saturated heterocycles. The largest absolute Gasteiger partial charge is 0.313 e. The van der Waals surface area contributed by atoms with Gasteiger partial charge in [-0.05, 0) is 36.2 Å². The smallest absolute Gasteiger partial charge is 0.0140 e. The first-order chi connectivity index (χ1) is 6.36. The predicted molar refractivity (Wildman–Crippen MR) is 59.2 cm³/mol. The maximum Gasteiger partial charge on any atom is 0.0140 e. The molecule has 1 heterocycles. The Bertz CT molecular complexity index is 331. The van der Waals surface area contributed by atoms with Crippen LogP contribution in [0.4, 0.5) is 0 Å². The van der Waals surface area contributed by atoms with Gasteiger partial charge in [0.25, 0.3) is 0 Å². The molecule has 0 aliphatic carbocycles. The molecular weight excluding hydrogens is 178 g/mol. The Kier molecular flexibility index (Phi) is 2.71. The van der Waals surface area contributed by atoms with E-state index in [1.807, 2.05) is 6.07 Å². The number of thiol groups is 1. The minimum Gasteiger partial charge on any atom is -0.313 e. The zero-order valence-electron chi connectivity index (χ0n) is 7.46. The van der Waals surface area contributed by atoms with Crippen molar-refractivity contribution in [2.24, 2.45) is 0 Å². The fourth-order valence-electron chi connectivity index (χ4n) is 1.59. The summed E-state index contributed by atoms with van der Waals surface area (Å²) in [6.45, 7) is 2.08. The van der Waals surface area contributed by atoms with Gasteiger partial charge in [0.05, 0.1) is 0 Å². The molecule has 0 fully saturated rings. The third kappa shape index (κ3) is 2.14. The highest BCUT2D eigenvalue weighted by molar-refractivity contribution is 7.80. The van der Waals surface area contributed by atoms with Crippen molar-refractivity contribution in [1.82, 2.24) is 5.32 Å². The summed E-state index contributed by atoms with van der Waals surface area (Å²) in [6, 6.07) is 8.34. The van der Waals surface area contributed by atoms with Crippen molar-refractivity contribution in [2.45, 2.75) is 11.3 Å². The molecule has 1 aromatic carbocycles. The first-order valence-electron chi connectivity index (χ1n) is 4.55. The molecule has 0 unspecified atom stereocenters. The first-order valence-corrected chi connectivity index (χ1v) is 5.00. The summed E-state index contributed by atoms with van der Waals surface area (Å²) in [5, 5.41) is 3.30. The molecule has 1 aliphatic rings. The fourth-order valence-corrected chi connectivity index (χ4v) is 1.82. The molecule has 2 rings (SSSR count). The van der Waals surface area contributed by atoms with Crippen molar-refractivity contribution in [3.63, 3.8) is 0 Å². The normalized spacial score (nSPS) is 16.8. The van der Waals surface area contributed by atoms with Gasteiger partial charge < -0.3 is 5.32 Å². The summed E-state index contributed by atoms with van der Waals surface area (Å²) in [6.07, 6.45) is 3.38. The van der Waals surface area contributed by atoms with Gasteiger partial charge in [0.15, 0.2) is 0 Å². The predicted octanol–water partition coefficient (Wildman–Crippen LogP) is 2.35. The van der Waals surface area contributed by atoms with Gasteiger partial charge in [-0.1, -0.05) is 18.2 Å². The molecule has 2 heteroatoms. The van der Waals surface area contributed by atoms with E-state index in [2.05, 4.69) is 42.2 Å².